The number of hydrogen-bond acceptors (Lipinski definition) is 5. The number of methoxy groups -OCH3 is 2. The molecule has 6 heteroatoms. The van der Waals surface area contributed by atoms with E-state index in [1.165, 1.54) is 24.8 Å². The third-order valence-electron chi connectivity index (χ3n) is 3.06. The van der Waals surface area contributed by atoms with Gasteiger partial charge < -0.3 is 9.47 Å². The number of rotatable bonds is 4. The molecule has 0 fully saturated rings. The molecule has 0 amide bonds. The minimum atomic E-state index is -0.391. The molecule has 0 spiro atoms. The highest BCUT2D eigenvalue weighted by atomic mass is 16.5. The molecule has 0 aliphatic heterocycles. The highest BCUT2D eigenvalue weighted by Crippen LogP contribution is 2.27. The van der Waals surface area contributed by atoms with E-state index in [0.717, 1.165) is 0 Å². The zero-order valence-electron chi connectivity index (χ0n) is 12.3. The highest BCUT2D eigenvalue weighted by Gasteiger charge is 2.14. The third-order valence-corrected chi connectivity index (χ3v) is 3.06. The lowest BCUT2D eigenvalue weighted by Crippen LogP contribution is -2.21. The lowest BCUT2D eigenvalue weighted by atomic mass is 10.2. The van der Waals surface area contributed by atoms with Crippen LogP contribution in [0, 0.1) is 6.92 Å². The van der Waals surface area contributed by atoms with Gasteiger partial charge in [-0.15, -0.1) is 0 Å². The first kappa shape index (κ1) is 14.8. The monoisotopic (exact) mass is 288 g/mol. The van der Waals surface area contributed by atoms with Gasteiger partial charge in [-0.3, -0.25) is 9.59 Å². The Morgan fingerprint density at radius 3 is 2.48 bits per heavy atom. The number of Topliss-reactive ketones (excluding diaryl/α,β-unsaturated/α-hetero) is 1. The Bertz CT molecular complexity index is 750. The number of carbonyl (C=O) groups is 1. The van der Waals surface area contributed by atoms with Gasteiger partial charge >= 0.3 is 0 Å². The minimum Gasteiger partial charge on any atom is -0.497 e. The standard InChI is InChI=1S/C15H16N2O4/c1-9-7-13(19)15(10(2)18)16-17(9)12-8-11(20-3)5-6-14(12)21-4/h5-8H,1-4H3. The first-order valence-electron chi connectivity index (χ1n) is 6.32. The number of aromatic nitrogens is 2. The predicted molar refractivity (Wildman–Crippen MR) is 77.7 cm³/mol. The van der Waals surface area contributed by atoms with Crippen molar-refractivity contribution in [2.45, 2.75) is 13.8 Å². The van der Waals surface area contributed by atoms with Gasteiger partial charge in [0.1, 0.15) is 17.2 Å². The maximum Gasteiger partial charge on any atom is 0.211 e. The quantitative estimate of drug-likeness (QED) is 0.802. The maximum atomic E-state index is 11.8. The number of aryl methyl sites for hydroxylation is 1. The zero-order chi connectivity index (χ0) is 15.6. The summed E-state index contributed by atoms with van der Waals surface area (Å²) in [4.78, 5) is 23.3. The summed E-state index contributed by atoms with van der Waals surface area (Å²) < 4.78 is 12.0. The Morgan fingerprint density at radius 2 is 1.90 bits per heavy atom. The average Bonchev–Trinajstić information content (AvgIpc) is 2.46. The van der Waals surface area contributed by atoms with Gasteiger partial charge in [0.05, 0.1) is 14.2 Å². The molecule has 110 valence electrons. The van der Waals surface area contributed by atoms with Gasteiger partial charge in [0.2, 0.25) is 5.43 Å². The Hall–Kier alpha value is -2.63. The number of hydrogen-bond donors (Lipinski definition) is 0. The molecule has 1 aromatic heterocycles. The van der Waals surface area contributed by atoms with E-state index in [2.05, 4.69) is 5.10 Å². The summed E-state index contributed by atoms with van der Waals surface area (Å²) in [7, 11) is 3.09. The Labute approximate surface area is 121 Å². The molecule has 0 atom stereocenters. The summed E-state index contributed by atoms with van der Waals surface area (Å²) in [5.41, 5.74) is 0.692. The number of benzene rings is 1. The number of carbonyl (C=O) groups excluding carboxylic acids is 1. The van der Waals surface area contributed by atoms with E-state index in [0.29, 0.717) is 22.9 Å². The first-order chi connectivity index (χ1) is 9.97. The van der Waals surface area contributed by atoms with E-state index >= 15 is 0 Å². The minimum absolute atomic E-state index is 0.106. The fourth-order valence-electron chi connectivity index (χ4n) is 2.00. The molecule has 21 heavy (non-hydrogen) atoms. The molecular weight excluding hydrogens is 272 g/mol. The second-order valence-corrected chi connectivity index (χ2v) is 4.50. The highest BCUT2D eigenvalue weighted by molar-refractivity contribution is 5.91. The van der Waals surface area contributed by atoms with E-state index in [-0.39, 0.29) is 11.5 Å². The second kappa shape index (κ2) is 5.78. The van der Waals surface area contributed by atoms with Crippen LogP contribution >= 0.6 is 0 Å². The van der Waals surface area contributed by atoms with Gasteiger partial charge in [-0.1, -0.05) is 0 Å². The second-order valence-electron chi connectivity index (χ2n) is 4.50. The molecule has 0 saturated heterocycles. The number of ketones is 1. The molecule has 6 nitrogen and oxygen atoms in total. The normalized spacial score (nSPS) is 10.3. The van der Waals surface area contributed by atoms with Crippen molar-refractivity contribution in [3.8, 4) is 17.2 Å². The van der Waals surface area contributed by atoms with Crippen LogP contribution in [0.15, 0.2) is 29.1 Å². The van der Waals surface area contributed by atoms with Crippen LogP contribution in [0.4, 0.5) is 0 Å². The lowest BCUT2D eigenvalue weighted by Gasteiger charge is -2.15. The fraction of sp³-hybridized carbons (Fsp3) is 0.267. The molecule has 1 heterocycles. The molecular formula is C15H16N2O4. The van der Waals surface area contributed by atoms with Crippen LogP contribution in [0.2, 0.25) is 0 Å². The largest absolute Gasteiger partial charge is 0.497 e. The Kier molecular flexibility index (Phi) is 4.07. The van der Waals surface area contributed by atoms with Crippen molar-refractivity contribution < 1.29 is 14.3 Å². The van der Waals surface area contributed by atoms with Crippen LogP contribution in [0.25, 0.3) is 5.69 Å². The average molecular weight is 288 g/mol. The van der Waals surface area contributed by atoms with Crippen LogP contribution in [0.5, 0.6) is 11.5 Å². The zero-order valence-corrected chi connectivity index (χ0v) is 12.3. The van der Waals surface area contributed by atoms with Crippen molar-refractivity contribution in [3.63, 3.8) is 0 Å². The Morgan fingerprint density at radius 1 is 1.19 bits per heavy atom. The van der Waals surface area contributed by atoms with Gasteiger partial charge in [-0.05, 0) is 19.1 Å². The Balaban J connectivity index is 2.74. The molecule has 0 aliphatic rings. The summed E-state index contributed by atoms with van der Waals surface area (Å²) in [6.45, 7) is 3.05. The van der Waals surface area contributed by atoms with Crippen molar-refractivity contribution in [2.75, 3.05) is 14.2 Å². The summed E-state index contributed by atoms with van der Waals surface area (Å²) in [5, 5.41) is 4.14. The van der Waals surface area contributed by atoms with Gasteiger partial charge in [-0.25, -0.2) is 4.68 Å². The van der Waals surface area contributed by atoms with E-state index < -0.39 is 5.43 Å². The summed E-state index contributed by atoms with van der Waals surface area (Å²) in [6, 6.07) is 6.60. The predicted octanol–water partition coefficient (Wildman–Crippen LogP) is 1.76. The molecule has 1 aromatic carbocycles. The van der Waals surface area contributed by atoms with Gasteiger partial charge in [-0.2, -0.15) is 5.10 Å². The van der Waals surface area contributed by atoms with Crippen LogP contribution < -0.4 is 14.9 Å². The summed E-state index contributed by atoms with van der Waals surface area (Å²) in [6.07, 6.45) is 0. The van der Waals surface area contributed by atoms with Gasteiger partial charge in [0.15, 0.2) is 11.5 Å². The van der Waals surface area contributed by atoms with Crippen molar-refractivity contribution in [1.82, 2.24) is 9.78 Å². The molecule has 0 saturated carbocycles. The van der Waals surface area contributed by atoms with Crippen LogP contribution in [-0.4, -0.2) is 29.8 Å². The molecule has 0 bridgehead atoms. The maximum absolute atomic E-state index is 11.8. The molecule has 0 radical (unpaired) electrons. The molecule has 0 N–H and O–H groups in total. The number of nitrogens with zero attached hydrogens (tertiary/aromatic N) is 2. The van der Waals surface area contributed by atoms with E-state index in [1.807, 2.05) is 0 Å². The van der Waals surface area contributed by atoms with Crippen LogP contribution in [-0.2, 0) is 0 Å². The molecule has 0 unspecified atom stereocenters. The third kappa shape index (κ3) is 2.79. The molecule has 0 aliphatic carbocycles. The van der Waals surface area contributed by atoms with Crippen molar-refractivity contribution >= 4 is 5.78 Å². The first-order valence-corrected chi connectivity index (χ1v) is 6.32. The van der Waals surface area contributed by atoms with Crippen molar-refractivity contribution in [2.24, 2.45) is 0 Å². The van der Waals surface area contributed by atoms with Crippen LogP contribution in [0.3, 0.4) is 0 Å². The summed E-state index contributed by atoms with van der Waals surface area (Å²) in [5.74, 6) is 0.801. The molecule has 2 rings (SSSR count). The van der Waals surface area contributed by atoms with Gasteiger partial charge in [0, 0.05) is 24.8 Å². The topological polar surface area (TPSA) is 70.4 Å². The summed E-state index contributed by atoms with van der Waals surface area (Å²) >= 11 is 0. The van der Waals surface area contributed by atoms with E-state index in [9.17, 15) is 9.59 Å². The van der Waals surface area contributed by atoms with E-state index in [4.69, 9.17) is 9.47 Å². The van der Waals surface area contributed by atoms with Crippen molar-refractivity contribution in [3.05, 3.63) is 45.9 Å². The van der Waals surface area contributed by atoms with E-state index in [1.54, 1.807) is 32.2 Å². The fourth-order valence-corrected chi connectivity index (χ4v) is 2.00. The van der Waals surface area contributed by atoms with Gasteiger partial charge in [0.25, 0.3) is 0 Å². The lowest BCUT2D eigenvalue weighted by molar-refractivity contribution is 0.101. The van der Waals surface area contributed by atoms with Crippen LogP contribution in [0.1, 0.15) is 23.1 Å². The number of ether oxygens (including phenoxy) is 2. The SMILES string of the molecule is COc1ccc(OC)c(-n2nc(C(C)=O)c(=O)cc2C)c1. The smallest absolute Gasteiger partial charge is 0.211 e. The molecule has 2 aromatic rings. The van der Waals surface area contributed by atoms with Crippen molar-refractivity contribution in [1.29, 1.82) is 0 Å².